The highest BCUT2D eigenvalue weighted by molar-refractivity contribution is 5.84. The minimum atomic E-state index is -4.66. The number of rotatable bonds is 3. The molecule has 0 N–H and O–H groups in total. The van der Waals surface area contributed by atoms with Gasteiger partial charge in [0.05, 0.1) is 0 Å². The van der Waals surface area contributed by atoms with Crippen molar-refractivity contribution in [1.29, 1.82) is 0 Å². The monoisotopic (exact) mass is 320 g/mol. The molecule has 0 aliphatic heterocycles. The van der Waals surface area contributed by atoms with Gasteiger partial charge < -0.3 is 4.74 Å². The number of allylic oxidation sites excluding steroid dienone is 1. The van der Waals surface area contributed by atoms with E-state index in [1.165, 1.54) is 17.7 Å². The van der Waals surface area contributed by atoms with Crippen LogP contribution in [0.5, 0.6) is 5.75 Å². The fourth-order valence-corrected chi connectivity index (χ4v) is 3.38. The Morgan fingerprint density at radius 2 is 1.61 bits per heavy atom. The summed E-state index contributed by atoms with van der Waals surface area (Å²) in [6.07, 6.45) is 1.97. The molecule has 0 amide bonds. The van der Waals surface area contributed by atoms with Gasteiger partial charge in [-0.05, 0) is 66.0 Å². The first-order valence-corrected chi connectivity index (χ1v) is 7.86. The molecular weight excluding hydrogens is 301 g/mol. The van der Waals surface area contributed by atoms with E-state index < -0.39 is 6.36 Å². The predicted octanol–water partition coefficient (Wildman–Crippen LogP) is 6.20. The molecule has 1 aliphatic carbocycles. The number of fused-ring (bicyclic) bond motifs is 1. The lowest BCUT2D eigenvalue weighted by Gasteiger charge is -2.27. The maximum absolute atomic E-state index is 12.3. The summed E-state index contributed by atoms with van der Waals surface area (Å²) in [4.78, 5) is 0. The molecule has 0 spiro atoms. The van der Waals surface area contributed by atoms with Crippen LogP contribution >= 0.6 is 0 Å². The molecule has 0 radical (unpaired) electrons. The van der Waals surface area contributed by atoms with E-state index in [-0.39, 0.29) is 5.75 Å². The Hall–Kier alpha value is -1.97. The highest BCUT2D eigenvalue weighted by Gasteiger charge is 2.31. The standard InChI is InChI=1S/C19H19F3O/c1-2-13-3-5-14(6-4-13)15-7-8-17-12-18(23-19(20,21)22)10-9-16(17)11-15/h2,7-14H,1,3-6H2/t13-,14-. The van der Waals surface area contributed by atoms with E-state index in [4.69, 9.17) is 0 Å². The van der Waals surface area contributed by atoms with Crippen molar-refractivity contribution in [3.05, 3.63) is 54.6 Å². The van der Waals surface area contributed by atoms with Crippen molar-refractivity contribution in [2.45, 2.75) is 38.0 Å². The zero-order chi connectivity index (χ0) is 16.4. The van der Waals surface area contributed by atoms with E-state index in [1.54, 1.807) is 6.07 Å². The Morgan fingerprint density at radius 1 is 0.957 bits per heavy atom. The first-order chi connectivity index (χ1) is 10.9. The van der Waals surface area contributed by atoms with Gasteiger partial charge in [0.1, 0.15) is 5.75 Å². The molecule has 1 fully saturated rings. The average molecular weight is 320 g/mol. The fraction of sp³-hybridized carbons (Fsp3) is 0.368. The smallest absolute Gasteiger partial charge is 0.406 e. The first kappa shape index (κ1) is 15.9. The Labute approximate surface area is 133 Å². The molecule has 0 saturated heterocycles. The second-order valence-corrected chi connectivity index (χ2v) is 6.16. The van der Waals surface area contributed by atoms with Crippen LogP contribution in [-0.4, -0.2) is 6.36 Å². The minimum absolute atomic E-state index is 0.177. The van der Waals surface area contributed by atoms with Crippen LogP contribution in [0.3, 0.4) is 0 Å². The number of ether oxygens (including phenoxy) is 1. The topological polar surface area (TPSA) is 9.23 Å². The van der Waals surface area contributed by atoms with Crippen LogP contribution in [0.4, 0.5) is 13.2 Å². The number of halogens is 3. The Bertz CT molecular complexity index is 697. The second-order valence-electron chi connectivity index (χ2n) is 6.16. The zero-order valence-corrected chi connectivity index (χ0v) is 12.8. The van der Waals surface area contributed by atoms with Crippen LogP contribution in [0.1, 0.15) is 37.2 Å². The summed E-state index contributed by atoms with van der Waals surface area (Å²) in [7, 11) is 0. The molecule has 122 valence electrons. The predicted molar refractivity (Wildman–Crippen MR) is 85.5 cm³/mol. The normalized spacial score (nSPS) is 22.0. The molecule has 23 heavy (non-hydrogen) atoms. The number of hydrogen-bond acceptors (Lipinski definition) is 1. The van der Waals surface area contributed by atoms with Gasteiger partial charge in [-0.15, -0.1) is 19.8 Å². The van der Waals surface area contributed by atoms with Gasteiger partial charge in [0.2, 0.25) is 0 Å². The van der Waals surface area contributed by atoms with Crippen LogP contribution in [0.2, 0.25) is 0 Å². The van der Waals surface area contributed by atoms with Crippen LogP contribution < -0.4 is 4.74 Å². The molecular formula is C19H19F3O. The molecule has 0 unspecified atom stereocenters. The van der Waals surface area contributed by atoms with E-state index in [0.29, 0.717) is 11.8 Å². The summed E-state index contributed by atoms with van der Waals surface area (Å²) < 4.78 is 40.8. The van der Waals surface area contributed by atoms with Gasteiger partial charge in [-0.1, -0.05) is 30.3 Å². The summed E-state index contributed by atoms with van der Waals surface area (Å²) in [5, 5.41) is 1.71. The molecule has 0 aromatic heterocycles. The van der Waals surface area contributed by atoms with Crippen molar-refractivity contribution < 1.29 is 17.9 Å². The second kappa shape index (κ2) is 6.26. The summed E-state index contributed by atoms with van der Waals surface area (Å²) in [6.45, 7) is 3.86. The zero-order valence-electron chi connectivity index (χ0n) is 12.8. The molecule has 0 heterocycles. The molecule has 1 aliphatic rings. The molecule has 4 heteroatoms. The molecule has 1 saturated carbocycles. The van der Waals surface area contributed by atoms with Gasteiger partial charge in [0.15, 0.2) is 0 Å². The summed E-state index contributed by atoms with van der Waals surface area (Å²) in [5.74, 6) is 0.972. The summed E-state index contributed by atoms with van der Waals surface area (Å²) in [5.41, 5.74) is 1.27. The number of benzene rings is 2. The Kier molecular flexibility index (Phi) is 4.33. The van der Waals surface area contributed by atoms with Gasteiger partial charge in [-0.2, -0.15) is 0 Å². The van der Waals surface area contributed by atoms with Crippen molar-refractivity contribution in [2.75, 3.05) is 0 Å². The lowest BCUT2D eigenvalue weighted by Crippen LogP contribution is -2.17. The van der Waals surface area contributed by atoms with Gasteiger partial charge in [0, 0.05) is 0 Å². The van der Waals surface area contributed by atoms with Crippen molar-refractivity contribution in [1.82, 2.24) is 0 Å². The SMILES string of the molecule is C=C[C@H]1CC[C@H](c2ccc3cc(OC(F)(F)F)ccc3c2)CC1. The lowest BCUT2D eigenvalue weighted by molar-refractivity contribution is -0.274. The molecule has 0 bridgehead atoms. The third kappa shape index (κ3) is 3.87. The maximum atomic E-state index is 12.3. The van der Waals surface area contributed by atoms with Gasteiger partial charge in [0.25, 0.3) is 0 Å². The van der Waals surface area contributed by atoms with Crippen molar-refractivity contribution in [2.24, 2.45) is 5.92 Å². The third-order valence-corrected chi connectivity index (χ3v) is 4.65. The van der Waals surface area contributed by atoms with E-state index >= 15 is 0 Å². The van der Waals surface area contributed by atoms with Crippen molar-refractivity contribution in [3.8, 4) is 5.75 Å². The Balaban J connectivity index is 1.80. The molecule has 3 rings (SSSR count). The van der Waals surface area contributed by atoms with E-state index in [2.05, 4.69) is 17.4 Å². The summed E-state index contributed by atoms with van der Waals surface area (Å²) in [6, 6.07) is 10.5. The van der Waals surface area contributed by atoms with Crippen LogP contribution in [0.15, 0.2) is 49.1 Å². The number of alkyl halides is 3. The molecule has 1 nitrogen and oxygen atoms in total. The maximum Gasteiger partial charge on any atom is 0.573 e. The first-order valence-electron chi connectivity index (χ1n) is 7.86. The average Bonchev–Trinajstić information content (AvgIpc) is 2.53. The quantitative estimate of drug-likeness (QED) is 0.612. The molecule has 2 aromatic rings. The van der Waals surface area contributed by atoms with Crippen molar-refractivity contribution in [3.63, 3.8) is 0 Å². The number of hydrogen-bond donors (Lipinski definition) is 0. The third-order valence-electron chi connectivity index (χ3n) is 4.65. The van der Waals surface area contributed by atoms with Crippen molar-refractivity contribution >= 4 is 10.8 Å². The lowest BCUT2D eigenvalue weighted by atomic mass is 9.78. The van der Waals surface area contributed by atoms with E-state index in [0.717, 1.165) is 36.5 Å². The molecule has 0 atom stereocenters. The van der Waals surface area contributed by atoms with E-state index in [9.17, 15) is 13.2 Å². The van der Waals surface area contributed by atoms with Crippen LogP contribution in [0.25, 0.3) is 10.8 Å². The summed E-state index contributed by atoms with van der Waals surface area (Å²) >= 11 is 0. The van der Waals surface area contributed by atoms with E-state index in [1.807, 2.05) is 18.2 Å². The highest BCUT2D eigenvalue weighted by Crippen LogP contribution is 2.37. The largest absolute Gasteiger partial charge is 0.573 e. The fourth-order valence-electron chi connectivity index (χ4n) is 3.38. The van der Waals surface area contributed by atoms with Gasteiger partial charge in [-0.3, -0.25) is 0 Å². The van der Waals surface area contributed by atoms with Crippen LogP contribution in [-0.2, 0) is 0 Å². The van der Waals surface area contributed by atoms with Gasteiger partial charge in [-0.25, -0.2) is 0 Å². The Morgan fingerprint density at radius 3 is 2.26 bits per heavy atom. The molecule has 2 aromatic carbocycles. The van der Waals surface area contributed by atoms with Gasteiger partial charge >= 0.3 is 6.36 Å². The highest BCUT2D eigenvalue weighted by atomic mass is 19.4. The van der Waals surface area contributed by atoms with Crippen LogP contribution in [0, 0.1) is 5.92 Å². The minimum Gasteiger partial charge on any atom is -0.406 e.